The minimum Gasteiger partial charge on any atom is -0.351 e. The molecule has 0 unspecified atom stereocenters. The Labute approximate surface area is 201 Å². The van der Waals surface area contributed by atoms with Gasteiger partial charge >= 0.3 is 0 Å². The zero-order valence-corrected chi connectivity index (χ0v) is 19.8. The molecule has 4 rings (SSSR count). The van der Waals surface area contributed by atoms with Crippen molar-refractivity contribution in [3.8, 4) is 0 Å². The number of amides is 1. The summed E-state index contributed by atoms with van der Waals surface area (Å²) in [5.74, 6) is -0.237. The lowest BCUT2D eigenvalue weighted by Gasteiger charge is -2.41. The molecule has 2 aromatic carbocycles. The molecule has 2 atom stereocenters. The third-order valence-corrected chi connectivity index (χ3v) is 6.89. The van der Waals surface area contributed by atoms with Gasteiger partial charge in [-0.2, -0.15) is 0 Å². The van der Waals surface area contributed by atoms with Gasteiger partial charge in [-0.25, -0.2) is 0 Å². The molecule has 9 heteroatoms. The summed E-state index contributed by atoms with van der Waals surface area (Å²) in [4.78, 5) is 26.5. The van der Waals surface area contributed by atoms with Crippen LogP contribution in [0.3, 0.4) is 0 Å². The SMILES string of the molecule is C[C@H]1Cc2ccsc2[C@H](c2ccc(Cl)cc2)N1CCNC(=O)c1ccc([N+](=O)[O-])cc1.Cl. The zero-order valence-electron chi connectivity index (χ0n) is 17.4. The van der Waals surface area contributed by atoms with Crippen LogP contribution in [0, 0.1) is 10.1 Å². The van der Waals surface area contributed by atoms with Gasteiger partial charge in [-0.15, -0.1) is 23.7 Å². The van der Waals surface area contributed by atoms with E-state index < -0.39 is 4.92 Å². The minimum absolute atomic E-state index is 0. The number of hydrogen-bond acceptors (Lipinski definition) is 5. The second-order valence-electron chi connectivity index (χ2n) is 7.62. The van der Waals surface area contributed by atoms with E-state index in [2.05, 4.69) is 40.7 Å². The molecular weight excluding hydrogens is 469 g/mol. The molecule has 0 aliphatic carbocycles. The average Bonchev–Trinajstić information content (AvgIpc) is 3.22. The van der Waals surface area contributed by atoms with Gasteiger partial charge in [-0.1, -0.05) is 23.7 Å². The van der Waals surface area contributed by atoms with Crippen molar-refractivity contribution >= 4 is 46.9 Å². The predicted molar refractivity (Wildman–Crippen MR) is 130 cm³/mol. The van der Waals surface area contributed by atoms with Crippen molar-refractivity contribution in [2.75, 3.05) is 13.1 Å². The number of halogens is 2. The summed E-state index contributed by atoms with van der Waals surface area (Å²) in [6.45, 7) is 3.37. The molecule has 0 saturated heterocycles. The number of fused-ring (bicyclic) bond motifs is 1. The van der Waals surface area contributed by atoms with Crippen LogP contribution in [0.1, 0.15) is 39.3 Å². The highest BCUT2D eigenvalue weighted by Crippen LogP contribution is 2.40. The van der Waals surface area contributed by atoms with Gasteiger partial charge in [-0.05, 0) is 60.2 Å². The number of non-ortho nitro benzene ring substituents is 1. The minimum atomic E-state index is -0.477. The summed E-state index contributed by atoms with van der Waals surface area (Å²) in [6.07, 6.45) is 0.971. The molecule has 168 valence electrons. The molecule has 0 radical (unpaired) electrons. The summed E-state index contributed by atoms with van der Waals surface area (Å²) in [5.41, 5.74) is 2.94. The molecule has 1 aliphatic heterocycles. The summed E-state index contributed by atoms with van der Waals surface area (Å²) in [6, 6.07) is 16.2. The normalized spacial score (nSPS) is 17.8. The van der Waals surface area contributed by atoms with Crippen molar-refractivity contribution < 1.29 is 9.72 Å². The molecule has 0 saturated carbocycles. The number of nitro benzene ring substituents is 1. The summed E-state index contributed by atoms with van der Waals surface area (Å²) >= 11 is 7.86. The average molecular weight is 492 g/mol. The van der Waals surface area contributed by atoms with Crippen LogP contribution >= 0.6 is 35.3 Å². The Bertz CT molecular complexity index is 1090. The van der Waals surface area contributed by atoms with E-state index in [1.165, 1.54) is 40.3 Å². The van der Waals surface area contributed by atoms with E-state index in [4.69, 9.17) is 11.6 Å². The molecule has 1 aliphatic rings. The second kappa shape index (κ2) is 10.4. The number of carbonyl (C=O) groups excluding carboxylic acids is 1. The van der Waals surface area contributed by atoms with Crippen molar-refractivity contribution in [1.82, 2.24) is 10.2 Å². The monoisotopic (exact) mass is 491 g/mol. The van der Waals surface area contributed by atoms with Gasteiger partial charge in [0.2, 0.25) is 0 Å². The molecular formula is C23H23Cl2N3O3S. The lowest BCUT2D eigenvalue weighted by molar-refractivity contribution is -0.384. The van der Waals surface area contributed by atoms with E-state index in [9.17, 15) is 14.9 Å². The first-order chi connectivity index (χ1) is 14.9. The predicted octanol–water partition coefficient (Wildman–Crippen LogP) is 5.50. The van der Waals surface area contributed by atoms with Gasteiger partial charge in [0.25, 0.3) is 11.6 Å². The van der Waals surface area contributed by atoms with Crippen molar-refractivity contribution in [2.24, 2.45) is 0 Å². The van der Waals surface area contributed by atoms with Gasteiger partial charge in [0.15, 0.2) is 0 Å². The van der Waals surface area contributed by atoms with Crippen molar-refractivity contribution in [2.45, 2.75) is 25.4 Å². The maximum atomic E-state index is 12.5. The number of thiophene rings is 1. The van der Waals surface area contributed by atoms with Gasteiger partial charge < -0.3 is 5.32 Å². The number of benzene rings is 2. The highest BCUT2D eigenvalue weighted by molar-refractivity contribution is 7.10. The van der Waals surface area contributed by atoms with E-state index in [-0.39, 0.29) is 30.0 Å². The van der Waals surface area contributed by atoms with Crippen LogP contribution in [-0.4, -0.2) is 34.9 Å². The molecule has 0 fully saturated rings. The number of nitrogens with zero attached hydrogens (tertiary/aromatic N) is 2. The molecule has 0 bridgehead atoms. The fraction of sp³-hybridized carbons (Fsp3) is 0.261. The van der Waals surface area contributed by atoms with E-state index in [1.54, 1.807) is 11.3 Å². The first-order valence-corrected chi connectivity index (χ1v) is 11.3. The highest BCUT2D eigenvalue weighted by atomic mass is 35.5. The first-order valence-electron chi connectivity index (χ1n) is 10.0. The van der Waals surface area contributed by atoms with Gasteiger partial charge in [-0.3, -0.25) is 19.8 Å². The fourth-order valence-corrected chi connectivity index (χ4v) is 5.28. The molecule has 0 spiro atoms. The van der Waals surface area contributed by atoms with Crippen LogP contribution in [0.25, 0.3) is 0 Å². The Kier molecular flexibility index (Phi) is 7.90. The molecule has 3 aromatic rings. The maximum Gasteiger partial charge on any atom is 0.269 e. The molecule has 1 amide bonds. The Hall–Kier alpha value is -2.45. The van der Waals surface area contributed by atoms with E-state index >= 15 is 0 Å². The second-order valence-corrected chi connectivity index (χ2v) is 9.00. The van der Waals surface area contributed by atoms with E-state index in [1.807, 2.05) is 12.1 Å². The van der Waals surface area contributed by atoms with Crippen LogP contribution in [0.5, 0.6) is 0 Å². The Morgan fingerprint density at radius 3 is 2.53 bits per heavy atom. The lowest BCUT2D eigenvalue weighted by Crippen LogP contribution is -2.45. The molecule has 32 heavy (non-hydrogen) atoms. The standard InChI is InChI=1S/C23H22ClN3O3S.ClH/c1-15-14-18-10-13-31-22(18)21(16-2-6-19(24)7-3-16)26(15)12-11-25-23(28)17-4-8-20(9-5-17)27(29)30;/h2-10,13,15,21H,11-12,14H2,1H3,(H,25,28);1H/t15-,21-;/m0./s1. The van der Waals surface area contributed by atoms with E-state index in [0.717, 1.165) is 6.42 Å². The van der Waals surface area contributed by atoms with Crippen molar-refractivity contribution in [1.29, 1.82) is 0 Å². The van der Waals surface area contributed by atoms with Crippen LogP contribution in [-0.2, 0) is 6.42 Å². The smallest absolute Gasteiger partial charge is 0.269 e. The number of nitro groups is 1. The van der Waals surface area contributed by atoms with Crippen LogP contribution < -0.4 is 5.32 Å². The van der Waals surface area contributed by atoms with Gasteiger partial charge in [0, 0.05) is 46.7 Å². The number of rotatable bonds is 6. The Morgan fingerprint density at radius 2 is 1.88 bits per heavy atom. The lowest BCUT2D eigenvalue weighted by atomic mass is 9.91. The van der Waals surface area contributed by atoms with Crippen molar-refractivity contribution in [3.63, 3.8) is 0 Å². The molecule has 6 nitrogen and oxygen atoms in total. The molecule has 1 N–H and O–H groups in total. The summed E-state index contributed by atoms with van der Waals surface area (Å²) in [7, 11) is 0. The Balaban J connectivity index is 0.00000289. The van der Waals surface area contributed by atoms with Gasteiger partial charge in [0.05, 0.1) is 11.0 Å². The van der Waals surface area contributed by atoms with Crippen molar-refractivity contribution in [3.05, 3.63) is 96.7 Å². The fourth-order valence-electron chi connectivity index (χ4n) is 4.07. The van der Waals surface area contributed by atoms with Crippen LogP contribution in [0.15, 0.2) is 60.0 Å². The summed E-state index contributed by atoms with van der Waals surface area (Å²) < 4.78 is 0. The highest BCUT2D eigenvalue weighted by Gasteiger charge is 2.33. The van der Waals surface area contributed by atoms with E-state index in [0.29, 0.717) is 29.7 Å². The van der Waals surface area contributed by atoms with Gasteiger partial charge in [0.1, 0.15) is 0 Å². The topological polar surface area (TPSA) is 75.5 Å². The third-order valence-electron chi connectivity index (χ3n) is 5.62. The van der Waals surface area contributed by atoms with Crippen LogP contribution in [0.2, 0.25) is 5.02 Å². The largest absolute Gasteiger partial charge is 0.351 e. The number of carbonyl (C=O) groups is 1. The maximum absolute atomic E-state index is 12.5. The van der Waals surface area contributed by atoms with Crippen LogP contribution in [0.4, 0.5) is 5.69 Å². The quantitative estimate of drug-likeness (QED) is 0.364. The molecule has 1 aromatic heterocycles. The Morgan fingerprint density at radius 1 is 1.19 bits per heavy atom. The molecule has 2 heterocycles. The third kappa shape index (κ3) is 5.13. The zero-order chi connectivity index (χ0) is 22.0. The number of hydrogen-bond donors (Lipinski definition) is 1. The number of nitrogens with one attached hydrogen (secondary N) is 1. The first kappa shape index (κ1) is 24.2. The summed E-state index contributed by atoms with van der Waals surface area (Å²) in [5, 5.41) is 16.6.